The lowest BCUT2D eigenvalue weighted by atomic mass is 9.73. The smallest absolute Gasteiger partial charge is 0.227 e. The fraction of sp³-hybridized carbons (Fsp3) is 0.923. The summed E-state index contributed by atoms with van der Waals surface area (Å²) in [5.74, 6) is 0.829. The molecule has 16 heavy (non-hydrogen) atoms. The van der Waals surface area contributed by atoms with Crippen LogP contribution in [0.3, 0.4) is 0 Å². The van der Waals surface area contributed by atoms with Crippen molar-refractivity contribution in [2.45, 2.75) is 52.4 Å². The molecule has 1 fully saturated rings. The zero-order chi connectivity index (χ0) is 12.0. The first-order chi connectivity index (χ1) is 7.60. The Morgan fingerprint density at radius 1 is 1.31 bits per heavy atom. The predicted molar refractivity (Wildman–Crippen MR) is 67.0 cm³/mol. The van der Waals surface area contributed by atoms with Crippen molar-refractivity contribution in [2.24, 2.45) is 17.1 Å². The van der Waals surface area contributed by atoms with Gasteiger partial charge in [-0.25, -0.2) is 0 Å². The molecule has 1 saturated carbocycles. The first kappa shape index (κ1) is 13.5. The van der Waals surface area contributed by atoms with Crippen LogP contribution in [0.25, 0.3) is 0 Å². The Labute approximate surface area is 99.2 Å². The molecule has 1 aliphatic rings. The number of hydrogen-bond acceptors (Lipinski definition) is 2. The fourth-order valence-corrected chi connectivity index (χ4v) is 2.41. The zero-order valence-electron chi connectivity index (χ0n) is 10.7. The van der Waals surface area contributed by atoms with Crippen LogP contribution in [0.5, 0.6) is 0 Å². The van der Waals surface area contributed by atoms with Gasteiger partial charge in [0.2, 0.25) is 5.91 Å². The third-order valence-electron chi connectivity index (χ3n) is 3.69. The van der Waals surface area contributed by atoms with Crippen LogP contribution >= 0.6 is 0 Å². The van der Waals surface area contributed by atoms with E-state index < -0.39 is 0 Å². The van der Waals surface area contributed by atoms with E-state index >= 15 is 0 Å². The summed E-state index contributed by atoms with van der Waals surface area (Å²) in [6.07, 6.45) is 6.53. The minimum atomic E-state index is -0.255. The number of carbonyl (C=O) groups is 1. The summed E-state index contributed by atoms with van der Waals surface area (Å²) in [6.45, 7) is 5.63. The Morgan fingerprint density at radius 2 is 1.94 bits per heavy atom. The van der Waals surface area contributed by atoms with Crippen LogP contribution in [0.15, 0.2) is 0 Å². The summed E-state index contributed by atoms with van der Waals surface area (Å²) in [6, 6.07) is 0. The summed E-state index contributed by atoms with van der Waals surface area (Å²) in [7, 11) is 0. The van der Waals surface area contributed by atoms with Crippen molar-refractivity contribution in [3.05, 3.63) is 0 Å². The summed E-state index contributed by atoms with van der Waals surface area (Å²) in [5, 5.41) is 3.06. The molecule has 0 aromatic heterocycles. The van der Waals surface area contributed by atoms with Gasteiger partial charge in [-0.15, -0.1) is 0 Å². The highest BCUT2D eigenvalue weighted by molar-refractivity contribution is 5.82. The van der Waals surface area contributed by atoms with E-state index in [1.165, 1.54) is 6.42 Å². The summed E-state index contributed by atoms with van der Waals surface area (Å²) < 4.78 is 0. The number of amides is 1. The van der Waals surface area contributed by atoms with Crippen LogP contribution in [0.2, 0.25) is 0 Å². The van der Waals surface area contributed by atoms with E-state index in [-0.39, 0.29) is 11.3 Å². The monoisotopic (exact) mass is 226 g/mol. The van der Waals surface area contributed by atoms with Gasteiger partial charge in [0.15, 0.2) is 0 Å². The van der Waals surface area contributed by atoms with Gasteiger partial charge in [0.05, 0.1) is 5.41 Å². The Balaban J connectivity index is 2.42. The van der Waals surface area contributed by atoms with Crippen molar-refractivity contribution in [3.63, 3.8) is 0 Å². The lowest BCUT2D eigenvalue weighted by Gasteiger charge is -2.34. The van der Waals surface area contributed by atoms with Crippen molar-refractivity contribution in [3.8, 4) is 0 Å². The summed E-state index contributed by atoms with van der Waals surface area (Å²) >= 11 is 0. The average molecular weight is 226 g/mol. The van der Waals surface area contributed by atoms with Gasteiger partial charge in [-0.05, 0) is 25.2 Å². The number of nitrogens with one attached hydrogen (secondary N) is 1. The number of rotatable bonds is 5. The normalized spacial score (nSPS) is 19.8. The van der Waals surface area contributed by atoms with Crippen LogP contribution in [0, 0.1) is 11.3 Å². The van der Waals surface area contributed by atoms with Gasteiger partial charge in [-0.2, -0.15) is 0 Å². The van der Waals surface area contributed by atoms with Crippen molar-refractivity contribution < 1.29 is 4.79 Å². The third kappa shape index (κ3) is 3.48. The van der Waals surface area contributed by atoms with Crippen LogP contribution in [-0.4, -0.2) is 19.0 Å². The summed E-state index contributed by atoms with van der Waals surface area (Å²) in [5.41, 5.74) is 5.56. The van der Waals surface area contributed by atoms with Gasteiger partial charge >= 0.3 is 0 Å². The maximum Gasteiger partial charge on any atom is 0.227 e. The molecule has 1 aliphatic carbocycles. The second kappa shape index (κ2) is 6.24. The lowest BCUT2D eigenvalue weighted by molar-refractivity contribution is -0.132. The van der Waals surface area contributed by atoms with E-state index in [0.29, 0.717) is 12.5 Å². The molecule has 0 unspecified atom stereocenters. The van der Waals surface area contributed by atoms with E-state index in [1.807, 2.05) is 0 Å². The largest absolute Gasteiger partial charge is 0.356 e. The molecular weight excluding hydrogens is 200 g/mol. The molecule has 0 aliphatic heterocycles. The Morgan fingerprint density at radius 3 is 2.44 bits per heavy atom. The molecule has 94 valence electrons. The topological polar surface area (TPSA) is 55.1 Å². The van der Waals surface area contributed by atoms with Gasteiger partial charge in [-0.1, -0.05) is 33.1 Å². The molecule has 0 aromatic carbocycles. The molecule has 0 radical (unpaired) electrons. The van der Waals surface area contributed by atoms with Crippen molar-refractivity contribution >= 4 is 5.91 Å². The molecule has 0 spiro atoms. The van der Waals surface area contributed by atoms with Crippen LogP contribution in [0.1, 0.15) is 52.4 Å². The summed E-state index contributed by atoms with van der Waals surface area (Å²) in [4.78, 5) is 12.1. The van der Waals surface area contributed by atoms with Gasteiger partial charge in [0, 0.05) is 13.1 Å². The Hall–Kier alpha value is -0.570. The second-order valence-corrected chi connectivity index (χ2v) is 5.48. The van der Waals surface area contributed by atoms with E-state index in [2.05, 4.69) is 19.2 Å². The van der Waals surface area contributed by atoms with Gasteiger partial charge in [0.25, 0.3) is 0 Å². The maximum atomic E-state index is 12.1. The SMILES string of the molecule is CC(C)CCNC(=O)C1(CN)CCCCC1. The van der Waals surface area contributed by atoms with Gasteiger partial charge in [-0.3, -0.25) is 4.79 Å². The first-order valence-corrected chi connectivity index (χ1v) is 6.59. The molecule has 0 saturated heterocycles. The van der Waals surface area contributed by atoms with Crippen molar-refractivity contribution in [1.29, 1.82) is 0 Å². The number of carbonyl (C=O) groups excluding carboxylic acids is 1. The lowest BCUT2D eigenvalue weighted by Crippen LogP contribution is -2.47. The predicted octanol–water partition coefficient (Wildman–Crippen LogP) is 2.06. The molecule has 0 aromatic rings. The fourth-order valence-electron chi connectivity index (χ4n) is 2.41. The van der Waals surface area contributed by atoms with Crippen molar-refractivity contribution in [1.82, 2.24) is 5.32 Å². The maximum absolute atomic E-state index is 12.1. The zero-order valence-corrected chi connectivity index (χ0v) is 10.7. The Kier molecular flexibility index (Phi) is 5.26. The molecule has 0 heterocycles. The van der Waals surface area contributed by atoms with Crippen molar-refractivity contribution in [2.75, 3.05) is 13.1 Å². The van der Waals surface area contributed by atoms with Gasteiger partial charge in [0.1, 0.15) is 0 Å². The first-order valence-electron chi connectivity index (χ1n) is 6.59. The number of hydrogen-bond donors (Lipinski definition) is 2. The molecular formula is C13H26N2O. The number of nitrogens with two attached hydrogens (primary N) is 1. The standard InChI is InChI=1S/C13H26N2O/c1-11(2)6-9-15-12(16)13(10-14)7-4-3-5-8-13/h11H,3-10,14H2,1-2H3,(H,15,16). The second-order valence-electron chi connectivity index (χ2n) is 5.48. The minimum Gasteiger partial charge on any atom is -0.356 e. The highest BCUT2D eigenvalue weighted by atomic mass is 16.2. The van der Waals surface area contributed by atoms with E-state index in [9.17, 15) is 4.79 Å². The highest BCUT2D eigenvalue weighted by Gasteiger charge is 2.37. The van der Waals surface area contributed by atoms with Crippen LogP contribution < -0.4 is 11.1 Å². The quantitative estimate of drug-likeness (QED) is 0.754. The molecule has 0 bridgehead atoms. The van der Waals surface area contributed by atoms with E-state index in [0.717, 1.165) is 38.6 Å². The molecule has 3 heteroatoms. The molecule has 3 N–H and O–H groups in total. The third-order valence-corrected chi connectivity index (χ3v) is 3.69. The highest BCUT2D eigenvalue weighted by Crippen LogP contribution is 2.35. The minimum absolute atomic E-state index is 0.190. The average Bonchev–Trinajstić information content (AvgIpc) is 2.29. The van der Waals surface area contributed by atoms with Crippen LogP contribution in [-0.2, 0) is 4.79 Å². The van der Waals surface area contributed by atoms with Crippen LogP contribution in [0.4, 0.5) is 0 Å². The van der Waals surface area contributed by atoms with Gasteiger partial charge < -0.3 is 11.1 Å². The molecule has 0 atom stereocenters. The Bertz CT molecular complexity index is 220. The van der Waals surface area contributed by atoms with E-state index in [4.69, 9.17) is 5.73 Å². The molecule has 1 rings (SSSR count). The molecule has 3 nitrogen and oxygen atoms in total. The molecule has 1 amide bonds. The van der Waals surface area contributed by atoms with E-state index in [1.54, 1.807) is 0 Å².